The largest absolute Gasteiger partial charge is 0.462 e. The lowest BCUT2D eigenvalue weighted by molar-refractivity contribution is -0.167. The Hall–Kier alpha value is -2.63. The van der Waals surface area contributed by atoms with E-state index in [1.54, 1.807) is 0 Å². The molecule has 0 aliphatic carbocycles. The molecule has 0 spiro atoms. The summed E-state index contributed by atoms with van der Waals surface area (Å²) in [7, 11) is 0. The molecule has 0 saturated carbocycles. The second-order valence-electron chi connectivity index (χ2n) is 16.7. The average molecular weight is 827 g/mol. The van der Waals surface area contributed by atoms with E-state index in [-0.39, 0.29) is 31.1 Å². The first-order valence-corrected chi connectivity index (χ1v) is 25.1. The first kappa shape index (κ1) is 56.4. The highest BCUT2D eigenvalue weighted by molar-refractivity contribution is 5.71. The third kappa shape index (κ3) is 46.3. The smallest absolute Gasteiger partial charge is 0.306 e. The quantitative estimate of drug-likeness (QED) is 0.0263. The van der Waals surface area contributed by atoms with Crippen molar-refractivity contribution in [3.63, 3.8) is 0 Å². The summed E-state index contributed by atoms with van der Waals surface area (Å²) in [6, 6.07) is 0. The van der Waals surface area contributed by atoms with Crippen molar-refractivity contribution >= 4 is 17.9 Å². The second-order valence-corrected chi connectivity index (χ2v) is 16.7. The molecule has 342 valence electrons. The van der Waals surface area contributed by atoms with Gasteiger partial charge in [0.15, 0.2) is 6.10 Å². The Morgan fingerprint density at radius 3 is 1.07 bits per heavy atom. The van der Waals surface area contributed by atoms with Crippen molar-refractivity contribution in [1.29, 1.82) is 0 Å². The number of esters is 3. The van der Waals surface area contributed by atoms with E-state index in [0.717, 1.165) is 103 Å². The number of hydrogen-bond acceptors (Lipinski definition) is 6. The van der Waals surface area contributed by atoms with Gasteiger partial charge in [0.05, 0.1) is 0 Å². The van der Waals surface area contributed by atoms with Crippen LogP contribution in [0.4, 0.5) is 0 Å². The Morgan fingerprint density at radius 1 is 0.356 bits per heavy atom. The van der Waals surface area contributed by atoms with Crippen molar-refractivity contribution in [1.82, 2.24) is 0 Å². The lowest BCUT2D eigenvalue weighted by Gasteiger charge is -2.18. The van der Waals surface area contributed by atoms with Gasteiger partial charge in [-0.3, -0.25) is 14.4 Å². The normalized spacial score (nSPS) is 12.4. The summed E-state index contributed by atoms with van der Waals surface area (Å²) >= 11 is 0. The molecule has 6 nitrogen and oxygen atoms in total. The summed E-state index contributed by atoms with van der Waals surface area (Å²) in [5.74, 6) is -0.900. The van der Waals surface area contributed by atoms with E-state index in [2.05, 4.69) is 69.4 Å². The van der Waals surface area contributed by atoms with E-state index in [1.165, 1.54) is 109 Å². The summed E-state index contributed by atoms with van der Waals surface area (Å²) in [4.78, 5) is 37.9. The number of unbranched alkanes of at least 4 members (excludes halogenated alkanes) is 26. The van der Waals surface area contributed by atoms with Crippen molar-refractivity contribution in [3.05, 3.63) is 48.6 Å². The van der Waals surface area contributed by atoms with Gasteiger partial charge in [-0.2, -0.15) is 0 Å². The number of allylic oxidation sites excluding steroid dienone is 8. The van der Waals surface area contributed by atoms with Crippen LogP contribution in [0, 0.1) is 0 Å². The molecule has 0 N–H and O–H groups in total. The summed E-state index contributed by atoms with van der Waals surface area (Å²) in [5.41, 5.74) is 0. The maximum atomic E-state index is 12.8. The third-order valence-electron chi connectivity index (χ3n) is 10.8. The molecule has 0 aromatic heterocycles. The standard InChI is InChI=1S/C53H94O6/c1-4-7-10-13-16-19-22-25-26-29-31-34-37-40-43-46-52(55)58-49-50(59-53(56)47-44-41-38-35-32-28-24-21-18-15-12-9-6-3)48-57-51(54)45-42-39-36-33-30-27-23-20-17-14-11-8-5-2/h7,10,16,19-20,23,25-26,50H,4-6,8-9,11-15,17-18,21-22,24,27-49H2,1-3H3/b10-7-,19-16-,23-20-,26-25-/t50-/m1/s1. The zero-order chi connectivity index (χ0) is 43.0. The van der Waals surface area contributed by atoms with E-state index in [0.29, 0.717) is 19.3 Å². The van der Waals surface area contributed by atoms with Crippen molar-refractivity contribution in [2.45, 2.75) is 258 Å². The molecular weight excluding hydrogens is 733 g/mol. The highest BCUT2D eigenvalue weighted by Crippen LogP contribution is 2.15. The molecule has 0 aliphatic heterocycles. The Morgan fingerprint density at radius 2 is 0.661 bits per heavy atom. The van der Waals surface area contributed by atoms with Crippen molar-refractivity contribution < 1.29 is 28.6 Å². The van der Waals surface area contributed by atoms with Crippen LogP contribution >= 0.6 is 0 Å². The Labute approximate surface area is 365 Å². The molecule has 6 heteroatoms. The number of hydrogen-bond donors (Lipinski definition) is 0. The molecule has 0 bridgehead atoms. The fourth-order valence-corrected chi connectivity index (χ4v) is 7.04. The van der Waals surface area contributed by atoms with Gasteiger partial charge in [-0.15, -0.1) is 0 Å². The molecule has 0 aliphatic rings. The van der Waals surface area contributed by atoms with Crippen LogP contribution in [0.1, 0.15) is 252 Å². The molecule has 0 aromatic rings. The molecule has 0 saturated heterocycles. The minimum Gasteiger partial charge on any atom is -0.462 e. The maximum absolute atomic E-state index is 12.8. The summed E-state index contributed by atoms with van der Waals surface area (Å²) in [5, 5.41) is 0. The summed E-state index contributed by atoms with van der Waals surface area (Å²) in [6.45, 7) is 6.50. The average Bonchev–Trinajstić information content (AvgIpc) is 3.23. The molecule has 0 fully saturated rings. The second kappa shape index (κ2) is 48.0. The van der Waals surface area contributed by atoms with Crippen LogP contribution < -0.4 is 0 Å². The van der Waals surface area contributed by atoms with Crippen LogP contribution in [0.5, 0.6) is 0 Å². The SMILES string of the molecule is CC/C=C\C/C=C\C/C=C\CCCCCCCC(=O)OC[C@@H](COC(=O)CCCCCCC/C=C\CCCCCC)OC(=O)CCCCCCCCCCCCCCC. The van der Waals surface area contributed by atoms with E-state index in [4.69, 9.17) is 14.2 Å². The molecular formula is C53H94O6. The lowest BCUT2D eigenvalue weighted by atomic mass is 10.0. The van der Waals surface area contributed by atoms with Gasteiger partial charge in [-0.05, 0) is 77.0 Å². The minimum atomic E-state index is -0.779. The maximum Gasteiger partial charge on any atom is 0.306 e. The molecule has 0 heterocycles. The van der Waals surface area contributed by atoms with Crippen LogP contribution in [-0.2, 0) is 28.6 Å². The van der Waals surface area contributed by atoms with E-state index < -0.39 is 6.10 Å². The van der Waals surface area contributed by atoms with Gasteiger partial charge in [0.25, 0.3) is 0 Å². The molecule has 0 unspecified atom stereocenters. The molecule has 59 heavy (non-hydrogen) atoms. The van der Waals surface area contributed by atoms with Gasteiger partial charge in [0.2, 0.25) is 0 Å². The van der Waals surface area contributed by atoms with E-state index in [9.17, 15) is 14.4 Å². The minimum absolute atomic E-state index is 0.0811. The molecule has 1 atom stereocenters. The first-order valence-electron chi connectivity index (χ1n) is 25.1. The highest BCUT2D eigenvalue weighted by Gasteiger charge is 2.19. The van der Waals surface area contributed by atoms with E-state index in [1.807, 2.05) is 0 Å². The number of carbonyl (C=O) groups excluding carboxylic acids is 3. The van der Waals surface area contributed by atoms with Crippen LogP contribution in [0.2, 0.25) is 0 Å². The van der Waals surface area contributed by atoms with E-state index >= 15 is 0 Å². The van der Waals surface area contributed by atoms with Gasteiger partial charge >= 0.3 is 17.9 Å². The van der Waals surface area contributed by atoms with Crippen molar-refractivity contribution in [2.24, 2.45) is 0 Å². The van der Waals surface area contributed by atoms with Gasteiger partial charge in [-0.25, -0.2) is 0 Å². The van der Waals surface area contributed by atoms with Crippen molar-refractivity contribution in [2.75, 3.05) is 13.2 Å². The molecule has 0 radical (unpaired) electrons. The monoisotopic (exact) mass is 827 g/mol. The fraction of sp³-hybridized carbons (Fsp3) is 0.792. The van der Waals surface area contributed by atoms with Crippen LogP contribution in [0.15, 0.2) is 48.6 Å². The van der Waals surface area contributed by atoms with Crippen LogP contribution in [-0.4, -0.2) is 37.2 Å². The molecule has 0 amide bonds. The molecule has 0 aromatic carbocycles. The summed E-state index contributed by atoms with van der Waals surface area (Å²) in [6.07, 6.45) is 56.6. The van der Waals surface area contributed by atoms with Crippen molar-refractivity contribution in [3.8, 4) is 0 Å². The Balaban J connectivity index is 4.40. The topological polar surface area (TPSA) is 78.9 Å². The van der Waals surface area contributed by atoms with Gasteiger partial charge in [-0.1, -0.05) is 204 Å². The number of carbonyl (C=O) groups is 3. The lowest BCUT2D eigenvalue weighted by Crippen LogP contribution is -2.30. The first-order chi connectivity index (χ1) is 29.0. The third-order valence-corrected chi connectivity index (χ3v) is 10.8. The summed E-state index contributed by atoms with van der Waals surface area (Å²) < 4.78 is 16.8. The van der Waals surface area contributed by atoms with Gasteiger partial charge in [0, 0.05) is 19.3 Å². The zero-order valence-electron chi connectivity index (χ0n) is 39.0. The number of rotatable bonds is 45. The van der Waals surface area contributed by atoms with Crippen LogP contribution in [0.25, 0.3) is 0 Å². The van der Waals surface area contributed by atoms with Gasteiger partial charge in [0.1, 0.15) is 13.2 Å². The Kier molecular flexibility index (Phi) is 45.9. The molecule has 0 rings (SSSR count). The fourth-order valence-electron chi connectivity index (χ4n) is 7.04. The predicted molar refractivity (Wildman–Crippen MR) is 252 cm³/mol. The van der Waals surface area contributed by atoms with Gasteiger partial charge < -0.3 is 14.2 Å². The number of ether oxygens (including phenoxy) is 3. The van der Waals surface area contributed by atoms with Crippen LogP contribution in [0.3, 0.4) is 0 Å². The predicted octanol–water partition coefficient (Wildman–Crippen LogP) is 16.3. The Bertz CT molecular complexity index is 1040. The highest BCUT2D eigenvalue weighted by atomic mass is 16.6. The zero-order valence-corrected chi connectivity index (χ0v) is 39.0.